The van der Waals surface area contributed by atoms with E-state index in [1.165, 1.54) is 44.9 Å². The Balaban J connectivity index is 1.81. The lowest BCUT2D eigenvalue weighted by atomic mass is 9.97. The molecule has 1 amide bonds. The summed E-state index contributed by atoms with van der Waals surface area (Å²) in [6.07, 6.45) is 46.7. The number of carbonyl (C=O) groups excluding carboxylic acids is 1. The fourth-order valence-corrected chi connectivity index (χ4v) is 8.14. The highest BCUT2D eigenvalue weighted by atomic mass is 16.7. The summed E-state index contributed by atoms with van der Waals surface area (Å²) < 4.78 is 22.7. The van der Waals surface area contributed by atoms with Crippen molar-refractivity contribution in [3.8, 4) is 0 Å². The van der Waals surface area contributed by atoms with Gasteiger partial charge >= 0.3 is 0 Å². The number of carbonyl (C=O) groups is 1. The number of allylic oxidation sites excluding steroid dienone is 19. The zero-order chi connectivity index (χ0) is 53.9. The van der Waals surface area contributed by atoms with Gasteiger partial charge < -0.3 is 65.1 Å². The molecule has 0 saturated carbocycles. The third-order valence-corrected chi connectivity index (χ3v) is 12.6. The Bertz CT molecular complexity index is 1700. The average molecular weight is 1040 g/mol. The minimum atomic E-state index is -1.80. The molecule has 2 fully saturated rings. The zero-order valence-electron chi connectivity index (χ0n) is 44.8. The van der Waals surface area contributed by atoms with Gasteiger partial charge in [-0.3, -0.25) is 4.79 Å². The molecule has 0 bridgehead atoms. The van der Waals surface area contributed by atoms with Crippen molar-refractivity contribution in [2.45, 2.75) is 229 Å². The highest BCUT2D eigenvalue weighted by molar-refractivity contribution is 5.76. The maximum absolute atomic E-state index is 13.2. The van der Waals surface area contributed by atoms with E-state index in [9.17, 15) is 45.6 Å². The van der Waals surface area contributed by atoms with Crippen LogP contribution in [0.4, 0.5) is 0 Å². The third kappa shape index (κ3) is 30.2. The van der Waals surface area contributed by atoms with E-state index in [1.807, 2.05) is 6.08 Å². The molecule has 2 aliphatic rings. The molecular weight excluding hydrogens is 943 g/mol. The number of aliphatic hydroxyl groups is 8. The molecule has 420 valence electrons. The molecule has 2 saturated heterocycles. The molecule has 12 atom stereocenters. The summed E-state index contributed by atoms with van der Waals surface area (Å²) in [6, 6.07) is -0.963. The molecule has 0 spiro atoms. The first-order valence-electron chi connectivity index (χ1n) is 27.8. The molecule has 12 unspecified atom stereocenters. The van der Waals surface area contributed by atoms with Crippen molar-refractivity contribution in [2.75, 3.05) is 19.8 Å². The largest absolute Gasteiger partial charge is 0.394 e. The van der Waals surface area contributed by atoms with Crippen molar-refractivity contribution in [2.24, 2.45) is 0 Å². The molecule has 14 heteroatoms. The summed E-state index contributed by atoms with van der Waals surface area (Å²) in [5, 5.41) is 86.8. The fourth-order valence-electron chi connectivity index (χ4n) is 8.14. The van der Waals surface area contributed by atoms with Crippen molar-refractivity contribution >= 4 is 5.91 Å². The van der Waals surface area contributed by atoms with Crippen molar-refractivity contribution in [3.05, 3.63) is 122 Å². The van der Waals surface area contributed by atoms with Crippen LogP contribution in [0.3, 0.4) is 0 Å². The lowest BCUT2D eigenvalue weighted by Gasteiger charge is -2.46. The van der Waals surface area contributed by atoms with Gasteiger partial charge in [-0.1, -0.05) is 174 Å². The van der Waals surface area contributed by atoms with Crippen LogP contribution in [-0.2, 0) is 23.7 Å². The van der Waals surface area contributed by atoms with Gasteiger partial charge in [0.1, 0.15) is 48.8 Å². The van der Waals surface area contributed by atoms with Gasteiger partial charge in [0.15, 0.2) is 12.6 Å². The minimum absolute atomic E-state index is 0.209. The van der Waals surface area contributed by atoms with Gasteiger partial charge in [-0.15, -0.1) is 0 Å². The van der Waals surface area contributed by atoms with Crippen LogP contribution in [-0.4, -0.2) is 140 Å². The van der Waals surface area contributed by atoms with Gasteiger partial charge in [0.2, 0.25) is 5.91 Å². The van der Waals surface area contributed by atoms with E-state index in [1.54, 1.807) is 6.08 Å². The first-order chi connectivity index (χ1) is 36.1. The lowest BCUT2D eigenvalue weighted by molar-refractivity contribution is -0.359. The second-order valence-electron chi connectivity index (χ2n) is 19.0. The number of ether oxygens (including phenoxy) is 4. The molecule has 0 radical (unpaired) electrons. The SMILES string of the molecule is CC/C=C\C/C=C\C/C=C\C/C=C\C/C=C\C/C=C\C/C=C\C/C=C\CCCCC(=O)NC(COC1OC(CO)C(OC2OC(CO)C(O)C(O)C2O)C(O)C1O)C(O)/C=C/CC/C=C/CCCCCCCCC. The van der Waals surface area contributed by atoms with Crippen LogP contribution in [0, 0.1) is 0 Å². The summed E-state index contributed by atoms with van der Waals surface area (Å²) in [6.45, 7) is 2.58. The van der Waals surface area contributed by atoms with E-state index in [0.29, 0.717) is 12.8 Å². The van der Waals surface area contributed by atoms with E-state index >= 15 is 0 Å². The Kier molecular flexibility index (Phi) is 40.0. The Morgan fingerprint density at radius 3 is 1.49 bits per heavy atom. The van der Waals surface area contributed by atoms with Gasteiger partial charge in [0.05, 0.1) is 32.0 Å². The quantitative estimate of drug-likeness (QED) is 0.0207. The second-order valence-corrected chi connectivity index (χ2v) is 19.0. The van der Waals surface area contributed by atoms with Crippen LogP contribution < -0.4 is 5.32 Å². The number of hydrogen-bond acceptors (Lipinski definition) is 13. The maximum Gasteiger partial charge on any atom is 0.220 e. The number of amides is 1. The molecule has 74 heavy (non-hydrogen) atoms. The third-order valence-electron chi connectivity index (χ3n) is 12.6. The van der Waals surface area contributed by atoms with Gasteiger partial charge in [0, 0.05) is 6.42 Å². The van der Waals surface area contributed by atoms with Crippen LogP contribution in [0.25, 0.3) is 0 Å². The van der Waals surface area contributed by atoms with Crippen molar-refractivity contribution in [1.82, 2.24) is 5.32 Å². The van der Waals surface area contributed by atoms with Crippen LogP contribution in [0.15, 0.2) is 122 Å². The Morgan fingerprint density at radius 2 is 0.946 bits per heavy atom. The van der Waals surface area contributed by atoms with Crippen LogP contribution in [0.2, 0.25) is 0 Å². The number of aliphatic hydroxyl groups excluding tert-OH is 8. The van der Waals surface area contributed by atoms with E-state index < -0.39 is 86.8 Å². The van der Waals surface area contributed by atoms with Crippen molar-refractivity contribution in [1.29, 1.82) is 0 Å². The molecule has 0 aromatic heterocycles. The van der Waals surface area contributed by atoms with Crippen molar-refractivity contribution < 1.29 is 64.6 Å². The van der Waals surface area contributed by atoms with Crippen molar-refractivity contribution in [3.63, 3.8) is 0 Å². The number of rotatable bonds is 41. The molecule has 0 aromatic rings. The monoisotopic (exact) mass is 1040 g/mol. The fraction of sp³-hybridized carbons (Fsp3) is 0.650. The highest BCUT2D eigenvalue weighted by Crippen LogP contribution is 2.30. The predicted molar refractivity (Wildman–Crippen MR) is 295 cm³/mol. The molecule has 2 heterocycles. The lowest BCUT2D eigenvalue weighted by Crippen LogP contribution is -2.65. The second kappa shape index (κ2) is 44.5. The topological polar surface area (TPSA) is 228 Å². The average Bonchev–Trinajstić information content (AvgIpc) is 3.40. The zero-order valence-corrected chi connectivity index (χ0v) is 44.8. The molecule has 0 aromatic carbocycles. The molecular formula is C60H97NO13. The molecule has 2 rings (SSSR count). The maximum atomic E-state index is 13.2. The first kappa shape index (κ1) is 66.5. The highest BCUT2D eigenvalue weighted by Gasteiger charge is 2.51. The predicted octanol–water partition coefficient (Wildman–Crippen LogP) is 8.66. The van der Waals surface area contributed by atoms with Crippen LogP contribution >= 0.6 is 0 Å². The van der Waals surface area contributed by atoms with Gasteiger partial charge in [-0.05, 0) is 96.3 Å². The van der Waals surface area contributed by atoms with E-state index in [0.717, 1.165) is 77.0 Å². The smallest absolute Gasteiger partial charge is 0.220 e. The van der Waals surface area contributed by atoms with E-state index in [4.69, 9.17) is 18.9 Å². The molecule has 0 aliphatic carbocycles. The number of hydrogen-bond donors (Lipinski definition) is 9. The number of nitrogens with one attached hydrogen (secondary N) is 1. The van der Waals surface area contributed by atoms with E-state index in [-0.39, 0.29) is 18.9 Å². The Morgan fingerprint density at radius 1 is 0.500 bits per heavy atom. The number of unbranched alkanes of at least 4 members (excludes halogenated alkanes) is 10. The Hall–Kier alpha value is -3.61. The first-order valence-corrected chi connectivity index (χ1v) is 27.8. The molecule has 2 aliphatic heterocycles. The minimum Gasteiger partial charge on any atom is -0.394 e. The van der Waals surface area contributed by atoms with Crippen LogP contribution in [0.5, 0.6) is 0 Å². The summed E-state index contributed by atoms with van der Waals surface area (Å²) in [5.74, 6) is -0.299. The normalized spacial score (nSPS) is 26.2. The van der Waals surface area contributed by atoms with E-state index in [2.05, 4.69) is 129 Å². The standard InChI is InChI=1S/C60H97NO13/c1-3-5-7-9-11-13-15-17-18-19-20-21-22-23-24-25-26-27-28-29-30-32-34-36-38-40-42-44-52(65)61-48(49(64)43-41-39-37-35-33-31-16-14-12-10-8-6-4-2)47-71-59-57(70)55(68)58(51(46-63)73-59)74-60-56(69)54(67)53(66)50(45-62)72-60/h5,7,11,13,17-18,20-21,23-24,26-27,29-30,33-36,41,43,48-51,53-60,62-64,66-70H,3-4,6,8-10,12,14-16,19,22,25,28,31-32,37-40,42,44-47H2,1-2H3,(H,61,65)/b7-5-,13-11-,18-17-,21-20-,24-23-,27-26-,30-29-,35-33+,36-34-,43-41+. The van der Waals surface area contributed by atoms with Gasteiger partial charge in [-0.25, -0.2) is 0 Å². The van der Waals surface area contributed by atoms with Crippen LogP contribution in [0.1, 0.15) is 155 Å². The summed E-state index contributed by atoms with van der Waals surface area (Å²) >= 11 is 0. The summed E-state index contributed by atoms with van der Waals surface area (Å²) in [4.78, 5) is 13.2. The van der Waals surface area contributed by atoms with Gasteiger partial charge in [0.25, 0.3) is 0 Å². The molecule has 14 nitrogen and oxygen atoms in total. The van der Waals surface area contributed by atoms with Gasteiger partial charge in [-0.2, -0.15) is 0 Å². The Labute approximate surface area is 444 Å². The summed E-state index contributed by atoms with van der Waals surface area (Å²) in [7, 11) is 0. The summed E-state index contributed by atoms with van der Waals surface area (Å²) in [5.41, 5.74) is 0. The molecule has 9 N–H and O–H groups in total.